The monoisotopic (exact) mass is 381 g/mol. The molecule has 0 radical (unpaired) electrons. The largest absolute Gasteiger partial charge is 0.342 e. The van der Waals surface area contributed by atoms with Crippen LogP contribution in [0.2, 0.25) is 0 Å². The molecule has 0 aliphatic carbocycles. The minimum absolute atomic E-state index is 0.0224. The Labute approximate surface area is 153 Å². The molecule has 2 aliphatic rings. The van der Waals surface area contributed by atoms with Crippen molar-refractivity contribution in [2.75, 3.05) is 26.2 Å². The summed E-state index contributed by atoms with van der Waals surface area (Å²) in [5, 5.41) is 10.7. The van der Waals surface area contributed by atoms with Crippen LogP contribution in [0.1, 0.15) is 32.1 Å². The average Bonchev–Trinajstić information content (AvgIpc) is 2.68. The minimum atomic E-state index is -3.76. The van der Waals surface area contributed by atoms with Crippen LogP contribution in [0.25, 0.3) is 0 Å². The molecule has 142 valence electrons. The fourth-order valence-electron chi connectivity index (χ4n) is 3.62. The van der Waals surface area contributed by atoms with Gasteiger partial charge in [0.1, 0.15) is 0 Å². The molecule has 1 atom stereocenters. The number of benzene rings is 1. The Bertz CT molecular complexity index is 772. The van der Waals surface area contributed by atoms with Crippen molar-refractivity contribution < 1.29 is 18.1 Å². The average molecular weight is 381 g/mol. The molecule has 8 nitrogen and oxygen atoms in total. The van der Waals surface area contributed by atoms with Crippen molar-refractivity contribution in [2.45, 2.75) is 37.0 Å². The summed E-state index contributed by atoms with van der Waals surface area (Å²) in [6.45, 7) is 2.05. The van der Waals surface area contributed by atoms with Crippen LogP contribution in [-0.4, -0.2) is 54.6 Å². The van der Waals surface area contributed by atoms with E-state index in [1.165, 1.54) is 28.6 Å². The maximum Gasteiger partial charge on any atom is 0.269 e. The molecule has 2 saturated heterocycles. The summed E-state index contributed by atoms with van der Waals surface area (Å²) < 4.78 is 27.0. The number of rotatable bonds is 4. The molecule has 0 saturated carbocycles. The molecular formula is C17H23N3O5S. The van der Waals surface area contributed by atoms with Crippen LogP contribution in [0.5, 0.6) is 0 Å². The highest BCUT2D eigenvalue weighted by atomic mass is 32.2. The molecule has 2 fully saturated rings. The van der Waals surface area contributed by atoms with E-state index in [1.54, 1.807) is 0 Å². The van der Waals surface area contributed by atoms with Crippen molar-refractivity contribution in [3.05, 3.63) is 34.4 Å². The number of nitrogens with zero attached hydrogens (tertiary/aromatic N) is 3. The highest BCUT2D eigenvalue weighted by molar-refractivity contribution is 7.89. The van der Waals surface area contributed by atoms with E-state index in [9.17, 15) is 23.3 Å². The Morgan fingerprint density at radius 3 is 2.31 bits per heavy atom. The third kappa shape index (κ3) is 3.88. The van der Waals surface area contributed by atoms with E-state index < -0.39 is 14.9 Å². The Morgan fingerprint density at radius 1 is 1.04 bits per heavy atom. The van der Waals surface area contributed by atoms with Crippen molar-refractivity contribution in [3.8, 4) is 0 Å². The molecule has 9 heteroatoms. The highest BCUT2D eigenvalue weighted by Crippen LogP contribution is 2.27. The van der Waals surface area contributed by atoms with Gasteiger partial charge in [-0.3, -0.25) is 14.9 Å². The molecule has 2 heterocycles. The molecule has 1 aromatic carbocycles. The van der Waals surface area contributed by atoms with E-state index in [0.717, 1.165) is 32.4 Å². The summed E-state index contributed by atoms with van der Waals surface area (Å²) in [5.41, 5.74) is -0.152. The third-order valence-corrected chi connectivity index (χ3v) is 6.97. The second kappa shape index (κ2) is 7.71. The molecular weight excluding hydrogens is 358 g/mol. The molecule has 26 heavy (non-hydrogen) atoms. The van der Waals surface area contributed by atoms with Crippen molar-refractivity contribution >= 4 is 21.6 Å². The topological polar surface area (TPSA) is 101 Å². The lowest BCUT2D eigenvalue weighted by Crippen LogP contribution is -2.47. The van der Waals surface area contributed by atoms with Gasteiger partial charge in [0.05, 0.1) is 15.7 Å². The van der Waals surface area contributed by atoms with Crippen LogP contribution in [-0.2, 0) is 14.8 Å². The first-order valence-corrected chi connectivity index (χ1v) is 10.4. The zero-order valence-corrected chi connectivity index (χ0v) is 15.4. The van der Waals surface area contributed by atoms with E-state index >= 15 is 0 Å². The second-order valence-corrected chi connectivity index (χ2v) is 8.78. The standard InChI is InChI=1S/C17H23N3O5S/c21-17(18-10-2-1-3-11-18)14-5-4-12-19(13-14)26(24,25)16-8-6-15(7-9-16)20(22)23/h6-9,14H,1-5,10-13H2/t14-/m1/s1. The number of piperidine rings is 2. The van der Waals surface area contributed by atoms with Crippen LogP contribution in [0.3, 0.4) is 0 Å². The smallest absolute Gasteiger partial charge is 0.269 e. The van der Waals surface area contributed by atoms with Crippen molar-refractivity contribution in [3.63, 3.8) is 0 Å². The first-order chi connectivity index (χ1) is 12.4. The van der Waals surface area contributed by atoms with Crippen LogP contribution >= 0.6 is 0 Å². The maximum atomic E-state index is 12.8. The van der Waals surface area contributed by atoms with Gasteiger partial charge >= 0.3 is 0 Å². The summed E-state index contributed by atoms with van der Waals surface area (Å²) in [6.07, 6.45) is 4.47. The maximum absolute atomic E-state index is 12.8. The van der Waals surface area contributed by atoms with Crippen molar-refractivity contribution in [2.24, 2.45) is 5.92 Å². The lowest BCUT2D eigenvalue weighted by atomic mass is 9.97. The number of sulfonamides is 1. The number of amides is 1. The highest BCUT2D eigenvalue weighted by Gasteiger charge is 2.35. The predicted octanol–water partition coefficient (Wildman–Crippen LogP) is 2.01. The zero-order chi connectivity index (χ0) is 18.7. The molecule has 0 spiro atoms. The SMILES string of the molecule is O=C([C@@H]1CCCN(S(=O)(=O)c2ccc([N+](=O)[O-])cc2)C1)N1CCCCC1. The van der Waals surface area contributed by atoms with Gasteiger partial charge in [-0.15, -0.1) is 0 Å². The van der Waals surface area contributed by atoms with Crippen LogP contribution < -0.4 is 0 Å². The lowest BCUT2D eigenvalue weighted by molar-refractivity contribution is -0.384. The molecule has 2 aliphatic heterocycles. The Morgan fingerprint density at radius 2 is 1.69 bits per heavy atom. The van der Waals surface area contributed by atoms with E-state index in [4.69, 9.17) is 0 Å². The minimum Gasteiger partial charge on any atom is -0.342 e. The molecule has 0 aromatic heterocycles. The summed E-state index contributed by atoms with van der Waals surface area (Å²) in [6, 6.07) is 4.88. The fraction of sp³-hybridized carbons (Fsp3) is 0.588. The van der Waals surface area contributed by atoms with E-state index in [1.807, 2.05) is 4.90 Å². The normalized spacial score (nSPS) is 22.2. The number of carbonyl (C=O) groups is 1. The van der Waals surface area contributed by atoms with E-state index in [-0.39, 0.29) is 29.0 Å². The molecule has 0 unspecified atom stereocenters. The Kier molecular flexibility index (Phi) is 5.57. The summed E-state index contributed by atoms with van der Waals surface area (Å²) in [7, 11) is -3.76. The number of nitro groups is 1. The van der Waals surface area contributed by atoms with Gasteiger partial charge in [0.25, 0.3) is 5.69 Å². The van der Waals surface area contributed by atoms with Gasteiger partial charge < -0.3 is 4.90 Å². The summed E-state index contributed by atoms with van der Waals surface area (Å²) >= 11 is 0. The van der Waals surface area contributed by atoms with Gasteiger partial charge in [-0.1, -0.05) is 0 Å². The van der Waals surface area contributed by atoms with Crippen molar-refractivity contribution in [1.82, 2.24) is 9.21 Å². The number of hydrogen-bond acceptors (Lipinski definition) is 5. The quantitative estimate of drug-likeness (QED) is 0.586. The fourth-order valence-corrected chi connectivity index (χ4v) is 5.15. The summed E-state index contributed by atoms with van der Waals surface area (Å²) in [4.78, 5) is 24.8. The Balaban J connectivity index is 1.73. The number of non-ortho nitro benzene ring substituents is 1. The molecule has 1 aromatic rings. The lowest BCUT2D eigenvalue weighted by Gasteiger charge is -2.35. The van der Waals surface area contributed by atoms with E-state index in [0.29, 0.717) is 19.4 Å². The van der Waals surface area contributed by atoms with Gasteiger partial charge in [-0.2, -0.15) is 4.31 Å². The van der Waals surface area contributed by atoms with Gasteiger partial charge in [0.2, 0.25) is 15.9 Å². The van der Waals surface area contributed by atoms with Crippen molar-refractivity contribution in [1.29, 1.82) is 0 Å². The molecule has 1 amide bonds. The number of nitro benzene ring substituents is 1. The number of likely N-dealkylation sites (tertiary alicyclic amines) is 1. The third-order valence-electron chi connectivity index (χ3n) is 5.09. The number of carbonyl (C=O) groups excluding carboxylic acids is 1. The van der Waals surface area contributed by atoms with Gasteiger partial charge in [-0.25, -0.2) is 8.42 Å². The molecule has 0 bridgehead atoms. The van der Waals surface area contributed by atoms with E-state index in [2.05, 4.69) is 0 Å². The number of hydrogen-bond donors (Lipinski definition) is 0. The van der Waals surface area contributed by atoms with Crippen LogP contribution in [0.15, 0.2) is 29.2 Å². The summed E-state index contributed by atoms with van der Waals surface area (Å²) in [5.74, 6) is -0.261. The van der Waals surface area contributed by atoms with Crippen LogP contribution in [0.4, 0.5) is 5.69 Å². The van der Waals surface area contributed by atoms with Gasteiger partial charge in [-0.05, 0) is 44.2 Å². The first kappa shape index (κ1) is 18.8. The first-order valence-electron chi connectivity index (χ1n) is 8.93. The van der Waals surface area contributed by atoms with Crippen LogP contribution in [0, 0.1) is 16.0 Å². The molecule has 0 N–H and O–H groups in total. The zero-order valence-electron chi connectivity index (χ0n) is 14.5. The van der Waals surface area contributed by atoms with Gasteiger partial charge in [0, 0.05) is 38.3 Å². The predicted molar refractivity (Wildman–Crippen MR) is 95.0 cm³/mol. The molecule has 3 rings (SSSR count). The second-order valence-electron chi connectivity index (χ2n) is 6.84. The Hall–Kier alpha value is -2.00. The van der Waals surface area contributed by atoms with Gasteiger partial charge in [0.15, 0.2) is 0 Å².